The molecular weight excluding hydrogens is 314 g/mol. The molecule has 0 aromatic heterocycles. The Morgan fingerprint density at radius 3 is 2.40 bits per heavy atom. The third-order valence-electron chi connectivity index (χ3n) is 3.30. The molecule has 0 aliphatic carbocycles. The summed E-state index contributed by atoms with van der Waals surface area (Å²) in [6.07, 6.45) is 0. The number of hydrogen-bond acceptors (Lipinski definition) is 2. The number of nitrogens with one attached hydrogen (secondary N) is 1. The highest BCUT2D eigenvalue weighted by molar-refractivity contribution is 9.10. The number of ether oxygens (including phenoxy) is 1. The van der Waals surface area contributed by atoms with Crippen molar-refractivity contribution in [1.29, 1.82) is 0 Å². The Balaban J connectivity index is 2.06. The molecule has 0 radical (unpaired) electrons. The Bertz CT molecular complexity index is 564. The van der Waals surface area contributed by atoms with Gasteiger partial charge in [-0.2, -0.15) is 0 Å². The second-order valence-corrected chi connectivity index (χ2v) is 6.00. The predicted molar refractivity (Wildman–Crippen MR) is 88.6 cm³/mol. The van der Waals surface area contributed by atoms with Gasteiger partial charge in [-0.15, -0.1) is 0 Å². The molecule has 0 fully saturated rings. The summed E-state index contributed by atoms with van der Waals surface area (Å²) in [7, 11) is 1.70. The molecule has 2 aromatic carbocycles. The van der Waals surface area contributed by atoms with Gasteiger partial charge in [0.05, 0.1) is 7.11 Å². The van der Waals surface area contributed by atoms with Crippen LogP contribution in [0, 0.1) is 0 Å². The van der Waals surface area contributed by atoms with Gasteiger partial charge in [0.25, 0.3) is 0 Å². The van der Waals surface area contributed by atoms with E-state index in [2.05, 4.69) is 65.4 Å². The fraction of sp³-hybridized carbons (Fsp3) is 0.294. The standard InChI is InChI=1S/C17H20BrNO/c1-12(2)13-4-7-16(8-5-13)19-11-14-10-15(18)6-9-17(14)20-3/h4-10,12,19H,11H2,1-3H3. The van der Waals surface area contributed by atoms with Crippen molar-refractivity contribution in [2.45, 2.75) is 26.3 Å². The van der Waals surface area contributed by atoms with Gasteiger partial charge in [0.15, 0.2) is 0 Å². The van der Waals surface area contributed by atoms with Crippen molar-refractivity contribution in [3.8, 4) is 5.75 Å². The van der Waals surface area contributed by atoms with Crippen LogP contribution in [0.3, 0.4) is 0 Å². The van der Waals surface area contributed by atoms with E-state index >= 15 is 0 Å². The van der Waals surface area contributed by atoms with E-state index in [0.29, 0.717) is 5.92 Å². The van der Waals surface area contributed by atoms with Gasteiger partial charge in [-0.1, -0.05) is 41.9 Å². The highest BCUT2D eigenvalue weighted by atomic mass is 79.9. The zero-order valence-electron chi connectivity index (χ0n) is 12.1. The van der Waals surface area contributed by atoms with Gasteiger partial charge in [-0.3, -0.25) is 0 Å². The summed E-state index contributed by atoms with van der Waals surface area (Å²) in [5.74, 6) is 1.47. The zero-order chi connectivity index (χ0) is 14.5. The lowest BCUT2D eigenvalue weighted by atomic mass is 10.0. The fourth-order valence-corrected chi connectivity index (χ4v) is 2.48. The summed E-state index contributed by atoms with van der Waals surface area (Å²) in [6.45, 7) is 5.15. The monoisotopic (exact) mass is 333 g/mol. The Labute approximate surface area is 129 Å². The van der Waals surface area contributed by atoms with Crippen LogP contribution in [0.1, 0.15) is 30.9 Å². The maximum absolute atomic E-state index is 5.38. The second-order valence-electron chi connectivity index (χ2n) is 5.09. The minimum atomic E-state index is 0.564. The smallest absolute Gasteiger partial charge is 0.123 e. The van der Waals surface area contributed by atoms with Crippen LogP contribution in [0.15, 0.2) is 46.9 Å². The third-order valence-corrected chi connectivity index (χ3v) is 3.80. The van der Waals surface area contributed by atoms with Crippen LogP contribution in [0.5, 0.6) is 5.75 Å². The second kappa shape index (κ2) is 6.80. The molecule has 0 bridgehead atoms. The van der Waals surface area contributed by atoms with Crippen LogP contribution in [-0.4, -0.2) is 7.11 Å². The SMILES string of the molecule is COc1ccc(Br)cc1CNc1ccc(C(C)C)cc1. The van der Waals surface area contributed by atoms with E-state index in [-0.39, 0.29) is 0 Å². The highest BCUT2D eigenvalue weighted by Crippen LogP contribution is 2.24. The van der Waals surface area contributed by atoms with Crippen molar-refractivity contribution in [3.05, 3.63) is 58.1 Å². The molecule has 0 saturated heterocycles. The minimum Gasteiger partial charge on any atom is -0.496 e. The number of methoxy groups -OCH3 is 1. The molecule has 0 saturated carbocycles. The normalized spacial score (nSPS) is 10.7. The Hall–Kier alpha value is -1.48. The molecule has 1 N–H and O–H groups in total. The van der Waals surface area contributed by atoms with E-state index in [1.54, 1.807) is 7.11 Å². The quantitative estimate of drug-likeness (QED) is 0.812. The van der Waals surface area contributed by atoms with Crippen LogP contribution in [0.25, 0.3) is 0 Å². The van der Waals surface area contributed by atoms with Gasteiger partial charge in [0.1, 0.15) is 5.75 Å². The number of benzene rings is 2. The van der Waals surface area contributed by atoms with Crippen LogP contribution in [0.4, 0.5) is 5.69 Å². The molecule has 0 spiro atoms. The number of anilines is 1. The van der Waals surface area contributed by atoms with Crippen molar-refractivity contribution >= 4 is 21.6 Å². The fourth-order valence-electron chi connectivity index (χ4n) is 2.07. The van der Waals surface area contributed by atoms with Crippen molar-refractivity contribution in [2.24, 2.45) is 0 Å². The maximum Gasteiger partial charge on any atom is 0.123 e. The maximum atomic E-state index is 5.38. The van der Waals surface area contributed by atoms with Crippen molar-refractivity contribution < 1.29 is 4.74 Å². The Kier molecular flexibility index (Phi) is 5.07. The largest absolute Gasteiger partial charge is 0.496 e. The average Bonchev–Trinajstić information content (AvgIpc) is 2.45. The molecule has 0 heterocycles. The lowest BCUT2D eigenvalue weighted by Crippen LogP contribution is -2.02. The summed E-state index contributed by atoms with van der Waals surface area (Å²) < 4.78 is 6.44. The van der Waals surface area contributed by atoms with Gasteiger partial charge >= 0.3 is 0 Å². The van der Waals surface area contributed by atoms with Gasteiger partial charge in [0, 0.05) is 22.3 Å². The van der Waals surface area contributed by atoms with E-state index in [0.717, 1.165) is 28.0 Å². The summed E-state index contributed by atoms with van der Waals surface area (Å²) in [4.78, 5) is 0. The predicted octanol–water partition coefficient (Wildman–Crippen LogP) is 5.19. The molecule has 106 valence electrons. The minimum absolute atomic E-state index is 0.564. The topological polar surface area (TPSA) is 21.3 Å². The van der Waals surface area contributed by atoms with Crippen molar-refractivity contribution in [2.75, 3.05) is 12.4 Å². The lowest BCUT2D eigenvalue weighted by molar-refractivity contribution is 0.410. The van der Waals surface area contributed by atoms with Gasteiger partial charge in [0.2, 0.25) is 0 Å². The average molecular weight is 334 g/mol. The third kappa shape index (κ3) is 3.76. The molecule has 0 atom stereocenters. The summed E-state index contributed by atoms with van der Waals surface area (Å²) in [5, 5.41) is 3.43. The van der Waals surface area contributed by atoms with E-state index in [9.17, 15) is 0 Å². The molecule has 20 heavy (non-hydrogen) atoms. The molecule has 0 amide bonds. The first-order valence-electron chi connectivity index (χ1n) is 6.76. The van der Waals surface area contributed by atoms with Crippen molar-refractivity contribution in [3.63, 3.8) is 0 Å². The first-order valence-corrected chi connectivity index (χ1v) is 7.55. The summed E-state index contributed by atoms with van der Waals surface area (Å²) in [5.41, 5.74) is 3.61. The molecule has 0 aliphatic rings. The molecule has 0 unspecified atom stereocenters. The first kappa shape index (κ1) is 14.9. The molecule has 0 aliphatic heterocycles. The van der Waals surface area contributed by atoms with E-state index < -0.39 is 0 Å². The Morgan fingerprint density at radius 1 is 1.10 bits per heavy atom. The van der Waals surface area contributed by atoms with Gasteiger partial charge < -0.3 is 10.1 Å². The zero-order valence-corrected chi connectivity index (χ0v) is 13.7. The first-order chi connectivity index (χ1) is 9.60. The van der Waals surface area contributed by atoms with Crippen LogP contribution >= 0.6 is 15.9 Å². The van der Waals surface area contributed by atoms with E-state index in [1.807, 2.05) is 12.1 Å². The van der Waals surface area contributed by atoms with Crippen LogP contribution in [-0.2, 0) is 6.54 Å². The number of rotatable bonds is 5. The molecule has 2 nitrogen and oxygen atoms in total. The van der Waals surface area contributed by atoms with Crippen LogP contribution < -0.4 is 10.1 Å². The number of hydrogen-bond donors (Lipinski definition) is 1. The van der Waals surface area contributed by atoms with E-state index in [1.165, 1.54) is 5.56 Å². The summed E-state index contributed by atoms with van der Waals surface area (Å²) in [6, 6.07) is 14.6. The van der Waals surface area contributed by atoms with Crippen LogP contribution in [0.2, 0.25) is 0 Å². The van der Waals surface area contributed by atoms with E-state index in [4.69, 9.17) is 4.74 Å². The molecule has 2 aromatic rings. The highest BCUT2D eigenvalue weighted by Gasteiger charge is 2.04. The summed E-state index contributed by atoms with van der Waals surface area (Å²) >= 11 is 3.49. The molecular formula is C17H20BrNO. The molecule has 2 rings (SSSR count). The number of halogens is 1. The Morgan fingerprint density at radius 2 is 1.80 bits per heavy atom. The molecule has 3 heteroatoms. The van der Waals surface area contributed by atoms with Crippen molar-refractivity contribution in [1.82, 2.24) is 0 Å². The van der Waals surface area contributed by atoms with Gasteiger partial charge in [-0.05, 0) is 41.8 Å². The van der Waals surface area contributed by atoms with Gasteiger partial charge in [-0.25, -0.2) is 0 Å². The lowest BCUT2D eigenvalue weighted by Gasteiger charge is -2.12.